The van der Waals surface area contributed by atoms with Crippen LogP contribution in [0.5, 0.6) is 0 Å². The third-order valence-electron chi connectivity index (χ3n) is 3.08. The number of carbonyl (C=O) groups is 1. The van der Waals surface area contributed by atoms with Crippen molar-refractivity contribution in [2.24, 2.45) is 11.7 Å². The molecule has 0 aromatic carbocycles. The van der Waals surface area contributed by atoms with Crippen LogP contribution < -0.4 is 5.73 Å². The molecule has 1 amide bonds. The van der Waals surface area contributed by atoms with Gasteiger partial charge in [-0.15, -0.1) is 11.6 Å². The molecule has 0 aliphatic rings. The van der Waals surface area contributed by atoms with E-state index in [4.69, 9.17) is 17.3 Å². The van der Waals surface area contributed by atoms with Gasteiger partial charge in [-0.2, -0.15) is 0 Å². The highest BCUT2D eigenvalue weighted by Crippen LogP contribution is 2.31. The van der Waals surface area contributed by atoms with E-state index in [1.165, 1.54) is 0 Å². The van der Waals surface area contributed by atoms with E-state index in [0.29, 0.717) is 17.0 Å². The number of carbonyl (C=O) groups excluding carboxylic acids is 1. The maximum atomic E-state index is 11.8. The highest BCUT2D eigenvalue weighted by molar-refractivity contribution is 9.10. The van der Waals surface area contributed by atoms with Crippen molar-refractivity contribution in [2.45, 2.75) is 32.2 Å². The van der Waals surface area contributed by atoms with Crippen molar-refractivity contribution in [2.75, 3.05) is 0 Å². The molecule has 0 fully saturated rings. The quantitative estimate of drug-likeness (QED) is 0.852. The van der Waals surface area contributed by atoms with Crippen LogP contribution in [0.3, 0.4) is 0 Å². The predicted octanol–water partition coefficient (Wildman–Crippen LogP) is 3.18. The normalized spacial score (nSPS) is 14.7. The topological polar surface area (TPSA) is 73.8 Å². The summed E-state index contributed by atoms with van der Waals surface area (Å²) in [6.45, 7) is 5.68. The molecule has 0 aliphatic carbocycles. The van der Waals surface area contributed by atoms with Gasteiger partial charge in [0.25, 0.3) is 0 Å². The molecule has 2 atom stereocenters. The Kier molecular flexibility index (Phi) is 4.34. The second-order valence-corrected chi connectivity index (χ2v) is 6.61. The van der Waals surface area contributed by atoms with Gasteiger partial charge in [0, 0.05) is 10.7 Å². The van der Waals surface area contributed by atoms with Crippen molar-refractivity contribution in [1.29, 1.82) is 0 Å². The average Bonchev–Trinajstić information content (AvgIpc) is 2.67. The van der Waals surface area contributed by atoms with Crippen molar-refractivity contribution in [3.63, 3.8) is 0 Å². The molecule has 5 nitrogen and oxygen atoms in total. The number of pyridine rings is 1. The molecular formula is C13H16BrClN4O. The number of rotatable bonds is 4. The average molecular weight is 360 g/mol. The summed E-state index contributed by atoms with van der Waals surface area (Å²) in [7, 11) is 0. The Labute approximate surface area is 130 Å². The zero-order valence-electron chi connectivity index (χ0n) is 11.5. The monoisotopic (exact) mass is 358 g/mol. The molecule has 7 heteroatoms. The molecule has 0 radical (unpaired) electrons. The number of amides is 1. The van der Waals surface area contributed by atoms with E-state index in [-0.39, 0.29) is 11.3 Å². The Bertz CT molecular complexity index is 653. The van der Waals surface area contributed by atoms with E-state index in [1.54, 1.807) is 10.8 Å². The van der Waals surface area contributed by atoms with Crippen LogP contribution >= 0.6 is 27.5 Å². The fraction of sp³-hybridized carbons (Fsp3) is 0.462. The van der Waals surface area contributed by atoms with Crippen LogP contribution in [0.4, 0.5) is 0 Å². The van der Waals surface area contributed by atoms with Gasteiger partial charge in [-0.1, -0.05) is 13.8 Å². The molecule has 108 valence electrons. The standard InChI is InChI=1S/C13H16BrClN4O/c1-6(2)10(11(16)20)19-12(7(3)15)18-9-4-8(14)5-17-13(9)19/h4-7,10H,1-3H3,(H2,16,20). The van der Waals surface area contributed by atoms with Crippen LogP contribution in [-0.4, -0.2) is 20.4 Å². The molecule has 20 heavy (non-hydrogen) atoms. The highest BCUT2D eigenvalue weighted by Gasteiger charge is 2.28. The lowest BCUT2D eigenvalue weighted by Crippen LogP contribution is -2.31. The first kappa shape index (κ1) is 15.3. The number of primary amides is 1. The fourth-order valence-corrected chi connectivity index (χ4v) is 2.76. The number of halogens is 2. The minimum atomic E-state index is -0.523. The van der Waals surface area contributed by atoms with Crippen molar-refractivity contribution < 1.29 is 4.79 Å². The maximum absolute atomic E-state index is 11.8. The minimum Gasteiger partial charge on any atom is -0.368 e. The Hall–Kier alpha value is -1.14. The Morgan fingerprint density at radius 2 is 2.10 bits per heavy atom. The summed E-state index contributed by atoms with van der Waals surface area (Å²) >= 11 is 9.56. The summed E-state index contributed by atoms with van der Waals surface area (Å²) in [5.74, 6) is 0.205. The molecule has 0 saturated heterocycles. The van der Waals surface area contributed by atoms with Crippen LogP contribution in [0.25, 0.3) is 11.2 Å². The molecule has 2 aromatic rings. The van der Waals surface area contributed by atoms with Gasteiger partial charge in [0.15, 0.2) is 5.65 Å². The van der Waals surface area contributed by atoms with Crippen molar-refractivity contribution in [3.8, 4) is 0 Å². The Morgan fingerprint density at radius 3 is 2.60 bits per heavy atom. The summed E-state index contributed by atoms with van der Waals surface area (Å²) in [4.78, 5) is 20.7. The van der Waals surface area contributed by atoms with Gasteiger partial charge in [-0.25, -0.2) is 9.97 Å². The van der Waals surface area contributed by atoms with Gasteiger partial charge in [-0.3, -0.25) is 9.36 Å². The molecule has 0 spiro atoms. The van der Waals surface area contributed by atoms with E-state index < -0.39 is 11.9 Å². The lowest BCUT2D eigenvalue weighted by molar-refractivity contribution is -0.122. The lowest BCUT2D eigenvalue weighted by Gasteiger charge is -2.22. The molecule has 2 unspecified atom stereocenters. The number of nitrogens with two attached hydrogens (primary N) is 1. The SMILES string of the molecule is CC(Cl)c1nc2cc(Br)cnc2n1C(C(N)=O)C(C)C. The molecule has 0 aliphatic heterocycles. The molecule has 2 N–H and O–H groups in total. The van der Waals surface area contributed by atoms with Crippen LogP contribution in [-0.2, 0) is 4.79 Å². The number of alkyl halides is 1. The number of nitrogens with zero attached hydrogens (tertiary/aromatic N) is 3. The molecule has 0 saturated carbocycles. The van der Waals surface area contributed by atoms with Gasteiger partial charge in [-0.05, 0) is 34.8 Å². The third-order valence-corrected chi connectivity index (χ3v) is 3.71. The van der Waals surface area contributed by atoms with Crippen LogP contribution in [0.15, 0.2) is 16.7 Å². The summed E-state index contributed by atoms with van der Waals surface area (Å²) in [6, 6.07) is 1.32. The number of aromatic nitrogens is 3. The minimum absolute atomic E-state index is 0.0181. The molecule has 2 heterocycles. The Morgan fingerprint density at radius 1 is 1.45 bits per heavy atom. The van der Waals surface area contributed by atoms with Crippen LogP contribution in [0, 0.1) is 5.92 Å². The van der Waals surface area contributed by atoms with Crippen molar-refractivity contribution in [1.82, 2.24) is 14.5 Å². The van der Waals surface area contributed by atoms with Gasteiger partial charge in [0.05, 0.1) is 5.38 Å². The Balaban J connectivity index is 2.77. The smallest absolute Gasteiger partial charge is 0.240 e. The summed E-state index contributed by atoms with van der Waals surface area (Å²) in [5, 5.41) is -0.344. The van der Waals surface area contributed by atoms with Gasteiger partial charge in [0.2, 0.25) is 5.91 Å². The zero-order valence-corrected chi connectivity index (χ0v) is 13.8. The maximum Gasteiger partial charge on any atom is 0.240 e. The third kappa shape index (κ3) is 2.67. The van der Waals surface area contributed by atoms with Gasteiger partial charge < -0.3 is 5.73 Å². The summed E-state index contributed by atoms with van der Waals surface area (Å²) in [5.41, 5.74) is 6.86. The van der Waals surface area contributed by atoms with Gasteiger partial charge >= 0.3 is 0 Å². The fourth-order valence-electron chi connectivity index (χ4n) is 2.28. The molecule has 2 aromatic heterocycles. The first-order chi connectivity index (χ1) is 9.32. The van der Waals surface area contributed by atoms with Gasteiger partial charge in [0.1, 0.15) is 17.4 Å². The largest absolute Gasteiger partial charge is 0.368 e. The second-order valence-electron chi connectivity index (χ2n) is 5.04. The number of hydrogen-bond acceptors (Lipinski definition) is 3. The number of fused-ring (bicyclic) bond motifs is 1. The van der Waals surface area contributed by atoms with E-state index in [1.807, 2.05) is 26.8 Å². The van der Waals surface area contributed by atoms with Crippen molar-refractivity contribution in [3.05, 3.63) is 22.6 Å². The highest BCUT2D eigenvalue weighted by atomic mass is 79.9. The number of hydrogen-bond donors (Lipinski definition) is 1. The summed E-state index contributed by atoms with van der Waals surface area (Å²) in [6.07, 6.45) is 1.67. The van der Waals surface area contributed by atoms with E-state index in [9.17, 15) is 4.79 Å². The van der Waals surface area contributed by atoms with Crippen LogP contribution in [0.2, 0.25) is 0 Å². The van der Waals surface area contributed by atoms with E-state index in [0.717, 1.165) is 4.47 Å². The van der Waals surface area contributed by atoms with Crippen LogP contribution in [0.1, 0.15) is 38.0 Å². The van der Waals surface area contributed by atoms with E-state index >= 15 is 0 Å². The molecule has 0 bridgehead atoms. The first-order valence-corrected chi connectivity index (χ1v) is 7.52. The lowest BCUT2D eigenvalue weighted by atomic mass is 10.0. The summed E-state index contributed by atoms with van der Waals surface area (Å²) < 4.78 is 2.58. The van der Waals surface area contributed by atoms with E-state index in [2.05, 4.69) is 25.9 Å². The number of imidazole rings is 1. The molecular weight excluding hydrogens is 344 g/mol. The predicted molar refractivity (Wildman–Crippen MR) is 82.6 cm³/mol. The second kappa shape index (κ2) is 5.69. The molecule has 2 rings (SSSR count). The first-order valence-electron chi connectivity index (χ1n) is 6.29. The van der Waals surface area contributed by atoms with Crippen molar-refractivity contribution >= 4 is 44.6 Å². The zero-order chi connectivity index (χ0) is 15.0.